The summed E-state index contributed by atoms with van der Waals surface area (Å²) in [5.74, 6) is 0. The summed E-state index contributed by atoms with van der Waals surface area (Å²) in [6.07, 6.45) is 4.89. The fraction of sp³-hybridized carbons (Fsp3) is 0.312. The molecule has 96 valence electrons. The molecule has 2 rings (SSSR count). The summed E-state index contributed by atoms with van der Waals surface area (Å²) in [5, 5.41) is 6.97. The summed E-state index contributed by atoms with van der Waals surface area (Å²) < 4.78 is 0. The minimum atomic E-state index is 1.06. The average molecular weight is 259 g/mol. The van der Waals surface area contributed by atoms with Gasteiger partial charge in [-0.25, -0.2) is 0 Å². The third kappa shape index (κ3) is 5.28. The van der Waals surface area contributed by atoms with E-state index in [-0.39, 0.29) is 0 Å². The lowest BCUT2D eigenvalue weighted by molar-refractivity contribution is 0.940. The van der Waals surface area contributed by atoms with Gasteiger partial charge in [-0.05, 0) is 30.5 Å². The van der Waals surface area contributed by atoms with Crippen LogP contribution in [0.15, 0.2) is 42.5 Å². The summed E-state index contributed by atoms with van der Waals surface area (Å²) in [7, 11) is 0. The van der Waals surface area contributed by atoms with Gasteiger partial charge in [0.05, 0.1) is 0 Å². The van der Waals surface area contributed by atoms with Crippen LogP contribution in [0.2, 0.25) is 0 Å². The van der Waals surface area contributed by atoms with Crippen molar-refractivity contribution in [1.29, 1.82) is 5.41 Å². The summed E-state index contributed by atoms with van der Waals surface area (Å²) in [6.45, 7) is 4.33. The Hall–Kier alpha value is -1.41. The van der Waals surface area contributed by atoms with Crippen LogP contribution in [-0.2, 0) is 12.8 Å². The molecule has 0 atom stereocenters. The smallest absolute Gasteiger partial charge is 0.0448 e. The molecule has 0 saturated carbocycles. The highest BCUT2D eigenvalue weighted by atomic mass is 32.1. The molecular weight excluding hydrogens is 238 g/mol. The topological polar surface area (TPSA) is 23.9 Å². The number of nitrogens with one attached hydrogen (secondary N) is 1. The number of thiophene rings is 1. The highest BCUT2D eigenvalue weighted by molar-refractivity contribution is 7.13. The Morgan fingerprint density at radius 2 is 1.78 bits per heavy atom. The van der Waals surface area contributed by atoms with Crippen LogP contribution in [0.25, 0.3) is 0 Å². The zero-order chi connectivity index (χ0) is 13.2. The van der Waals surface area contributed by atoms with Gasteiger partial charge in [0.15, 0.2) is 0 Å². The molecule has 18 heavy (non-hydrogen) atoms. The van der Waals surface area contributed by atoms with Gasteiger partial charge < -0.3 is 5.41 Å². The maximum absolute atomic E-state index is 6.97. The van der Waals surface area contributed by atoms with E-state index in [2.05, 4.69) is 44.2 Å². The molecule has 1 aromatic carbocycles. The van der Waals surface area contributed by atoms with Crippen molar-refractivity contribution in [1.82, 2.24) is 0 Å². The molecule has 0 aliphatic rings. The van der Waals surface area contributed by atoms with Crippen LogP contribution in [0.4, 0.5) is 0 Å². The summed E-state index contributed by atoms with van der Waals surface area (Å²) in [6, 6.07) is 14.6. The van der Waals surface area contributed by atoms with Crippen molar-refractivity contribution in [2.75, 3.05) is 0 Å². The Kier molecular flexibility index (Phi) is 7.04. The molecule has 0 aliphatic carbocycles. The van der Waals surface area contributed by atoms with Crippen molar-refractivity contribution in [3.8, 4) is 0 Å². The monoisotopic (exact) mass is 259 g/mol. The van der Waals surface area contributed by atoms with Gasteiger partial charge in [0.2, 0.25) is 0 Å². The minimum Gasteiger partial charge on any atom is -0.307 e. The van der Waals surface area contributed by atoms with Crippen molar-refractivity contribution in [2.24, 2.45) is 0 Å². The summed E-state index contributed by atoms with van der Waals surface area (Å²) in [5.41, 5.74) is 1.41. The number of aryl methyl sites for hydroxylation is 2. The van der Waals surface area contributed by atoms with E-state index in [4.69, 9.17) is 5.41 Å². The molecule has 2 heteroatoms. The van der Waals surface area contributed by atoms with E-state index < -0.39 is 0 Å². The van der Waals surface area contributed by atoms with Crippen molar-refractivity contribution < 1.29 is 0 Å². The molecule has 0 aliphatic heterocycles. The lowest BCUT2D eigenvalue weighted by atomic mass is 10.2. The SMILES string of the molecule is CCCc1ccc(C=N)s1.CCc1ccccc1. The maximum atomic E-state index is 6.97. The van der Waals surface area contributed by atoms with E-state index in [0.29, 0.717) is 0 Å². The zero-order valence-electron chi connectivity index (χ0n) is 11.1. The molecule has 0 saturated heterocycles. The fourth-order valence-corrected chi connectivity index (χ4v) is 2.51. The van der Waals surface area contributed by atoms with E-state index >= 15 is 0 Å². The van der Waals surface area contributed by atoms with Crippen molar-refractivity contribution >= 4 is 17.6 Å². The van der Waals surface area contributed by atoms with Crippen molar-refractivity contribution in [3.63, 3.8) is 0 Å². The third-order valence-corrected chi connectivity index (χ3v) is 3.66. The van der Waals surface area contributed by atoms with Gasteiger partial charge in [0.1, 0.15) is 0 Å². The number of benzene rings is 1. The average Bonchev–Trinajstić information content (AvgIpc) is 2.89. The second-order valence-corrected chi connectivity index (χ2v) is 5.24. The van der Waals surface area contributed by atoms with E-state index in [9.17, 15) is 0 Å². The van der Waals surface area contributed by atoms with Gasteiger partial charge in [-0.1, -0.05) is 50.6 Å². The van der Waals surface area contributed by atoms with E-state index in [1.54, 1.807) is 11.3 Å². The van der Waals surface area contributed by atoms with Gasteiger partial charge in [-0.3, -0.25) is 0 Å². The van der Waals surface area contributed by atoms with E-state index in [1.807, 2.05) is 12.1 Å². The first-order valence-corrected chi connectivity index (χ1v) is 7.24. The molecule has 1 N–H and O–H groups in total. The van der Waals surface area contributed by atoms with E-state index in [1.165, 1.54) is 23.1 Å². The molecule has 0 bridgehead atoms. The number of hydrogen-bond donors (Lipinski definition) is 1. The molecule has 2 aromatic rings. The van der Waals surface area contributed by atoms with Crippen LogP contribution >= 0.6 is 11.3 Å². The first kappa shape index (κ1) is 14.7. The normalized spacial score (nSPS) is 9.44. The third-order valence-electron chi connectivity index (χ3n) is 2.57. The van der Waals surface area contributed by atoms with Crippen LogP contribution < -0.4 is 0 Å². The predicted octanol–water partition coefficient (Wildman–Crippen LogP) is 4.95. The highest BCUT2D eigenvalue weighted by Crippen LogP contribution is 2.15. The summed E-state index contributed by atoms with van der Waals surface area (Å²) in [4.78, 5) is 2.45. The molecular formula is C16H21NS. The van der Waals surface area contributed by atoms with Crippen LogP contribution in [-0.4, -0.2) is 6.21 Å². The highest BCUT2D eigenvalue weighted by Gasteiger charge is 1.94. The lowest BCUT2D eigenvalue weighted by Gasteiger charge is -1.89. The molecule has 0 spiro atoms. The fourth-order valence-electron chi connectivity index (χ4n) is 1.57. The Morgan fingerprint density at radius 3 is 2.22 bits per heavy atom. The molecule has 0 amide bonds. The van der Waals surface area contributed by atoms with Crippen LogP contribution in [0.1, 0.15) is 35.6 Å². The Bertz CT molecular complexity index is 445. The van der Waals surface area contributed by atoms with Crippen molar-refractivity contribution in [3.05, 3.63) is 57.8 Å². The Balaban J connectivity index is 0.000000184. The molecule has 1 nitrogen and oxygen atoms in total. The van der Waals surface area contributed by atoms with Gasteiger partial charge in [-0.15, -0.1) is 11.3 Å². The zero-order valence-corrected chi connectivity index (χ0v) is 12.0. The lowest BCUT2D eigenvalue weighted by Crippen LogP contribution is -1.73. The summed E-state index contributed by atoms with van der Waals surface area (Å²) >= 11 is 1.71. The van der Waals surface area contributed by atoms with Crippen LogP contribution in [0, 0.1) is 5.41 Å². The predicted molar refractivity (Wildman–Crippen MR) is 82.0 cm³/mol. The van der Waals surface area contributed by atoms with Gasteiger partial charge in [-0.2, -0.15) is 0 Å². The molecule has 1 heterocycles. The van der Waals surface area contributed by atoms with Crippen molar-refractivity contribution in [2.45, 2.75) is 33.1 Å². The number of rotatable bonds is 4. The standard InChI is InChI=1S/C8H11NS.C8H10/c1-2-3-7-4-5-8(6-9)10-7;1-2-8-6-4-3-5-7-8/h4-6,9H,2-3H2,1H3;3-7H,2H2,1H3. The molecule has 0 radical (unpaired) electrons. The number of hydrogen-bond acceptors (Lipinski definition) is 2. The Labute approximate surface area is 114 Å². The first-order valence-electron chi connectivity index (χ1n) is 6.43. The second-order valence-electron chi connectivity index (χ2n) is 4.04. The van der Waals surface area contributed by atoms with Crippen LogP contribution in [0.3, 0.4) is 0 Å². The largest absolute Gasteiger partial charge is 0.307 e. The quantitative estimate of drug-likeness (QED) is 0.751. The molecule has 0 unspecified atom stereocenters. The minimum absolute atomic E-state index is 1.06. The Morgan fingerprint density at radius 1 is 1.06 bits per heavy atom. The second kappa shape index (κ2) is 8.65. The van der Waals surface area contributed by atoms with Crippen LogP contribution in [0.5, 0.6) is 0 Å². The molecule has 0 fully saturated rings. The van der Waals surface area contributed by atoms with E-state index in [0.717, 1.165) is 17.7 Å². The van der Waals surface area contributed by atoms with Gasteiger partial charge in [0.25, 0.3) is 0 Å². The first-order chi connectivity index (χ1) is 8.80. The van der Waals surface area contributed by atoms with Gasteiger partial charge in [0, 0.05) is 16.0 Å². The molecule has 1 aromatic heterocycles. The van der Waals surface area contributed by atoms with Gasteiger partial charge >= 0.3 is 0 Å². The maximum Gasteiger partial charge on any atom is 0.0448 e.